The fraction of sp³-hybridized carbons (Fsp3) is 0.250. The predicted molar refractivity (Wildman–Crippen MR) is 33.4 cm³/mol. The highest BCUT2D eigenvalue weighted by Gasteiger charge is 2.32. The van der Waals surface area contributed by atoms with Crippen molar-refractivity contribution in [2.45, 2.75) is 6.30 Å². The van der Waals surface area contributed by atoms with Crippen LogP contribution < -0.4 is 5.59 Å². The molecule has 2 N–H and O–H groups in total. The maximum atomic E-state index is 11.8. The van der Waals surface area contributed by atoms with Crippen LogP contribution in [0.3, 0.4) is 0 Å². The van der Waals surface area contributed by atoms with Crippen molar-refractivity contribution in [1.29, 1.82) is 0 Å². The third kappa shape index (κ3) is 1.77. The summed E-state index contributed by atoms with van der Waals surface area (Å²) in [4.78, 5) is 0. The van der Waals surface area contributed by atoms with Crippen LogP contribution in [0.25, 0.3) is 0 Å². The summed E-state index contributed by atoms with van der Waals surface area (Å²) in [7, 11) is -1.98. The van der Waals surface area contributed by atoms with Crippen molar-refractivity contribution in [1.82, 2.24) is 9.78 Å². The van der Waals surface area contributed by atoms with Gasteiger partial charge in [0.15, 0.2) is 0 Å². The second-order valence-electron chi connectivity index (χ2n) is 2.03. The van der Waals surface area contributed by atoms with Gasteiger partial charge in [0.2, 0.25) is 0 Å². The summed E-state index contributed by atoms with van der Waals surface area (Å²) < 4.78 is 35.1. The molecule has 66 valence electrons. The van der Waals surface area contributed by atoms with Crippen molar-refractivity contribution in [2.24, 2.45) is 0 Å². The highest BCUT2D eigenvalue weighted by Crippen LogP contribution is 2.19. The number of alkyl halides is 3. The fourth-order valence-electron chi connectivity index (χ4n) is 0.617. The Bertz CT molecular complexity index is 272. The Hall–Kier alpha value is -1.02. The standard InChI is InChI=1S/C4H4BF3N2O2/c6-4(7,8)10-2-1-3(9-10)5(11)12/h1-2,11-12H. The van der Waals surface area contributed by atoms with Gasteiger partial charge in [-0.15, -0.1) is 13.2 Å². The molecule has 1 rings (SSSR count). The Kier molecular flexibility index (Phi) is 2.11. The first-order valence-corrected chi connectivity index (χ1v) is 2.90. The van der Waals surface area contributed by atoms with Crippen molar-refractivity contribution >= 4 is 12.7 Å². The average Bonchev–Trinajstić information content (AvgIpc) is 2.30. The largest absolute Gasteiger partial charge is 0.510 e. The molecule has 1 aromatic heterocycles. The maximum absolute atomic E-state index is 11.8. The molecule has 0 aromatic carbocycles. The van der Waals surface area contributed by atoms with E-state index in [1.807, 2.05) is 0 Å². The van der Waals surface area contributed by atoms with Gasteiger partial charge >= 0.3 is 13.4 Å². The van der Waals surface area contributed by atoms with E-state index >= 15 is 0 Å². The van der Waals surface area contributed by atoms with Gasteiger partial charge in [0, 0.05) is 6.20 Å². The lowest BCUT2D eigenvalue weighted by molar-refractivity contribution is -0.212. The lowest BCUT2D eigenvalue weighted by atomic mass is 9.87. The number of nitrogens with zero attached hydrogens (tertiary/aromatic N) is 2. The summed E-state index contributed by atoms with van der Waals surface area (Å²) in [6.07, 6.45) is -4.01. The quantitative estimate of drug-likeness (QED) is 0.547. The van der Waals surface area contributed by atoms with Crippen LogP contribution in [0.1, 0.15) is 0 Å². The number of hydrogen-bond acceptors (Lipinski definition) is 3. The molecular formula is C4H4BF3N2O2. The molecule has 1 heterocycles. The van der Waals surface area contributed by atoms with Gasteiger partial charge in [-0.25, -0.2) is 0 Å². The lowest BCUT2D eigenvalue weighted by Gasteiger charge is -2.04. The molecule has 0 radical (unpaired) electrons. The summed E-state index contributed by atoms with van der Waals surface area (Å²) in [5.41, 5.74) is -0.438. The summed E-state index contributed by atoms with van der Waals surface area (Å²) >= 11 is 0. The molecule has 1 aromatic rings. The summed E-state index contributed by atoms with van der Waals surface area (Å²) in [5.74, 6) is 0. The SMILES string of the molecule is OB(O)c1ccn(C(F)(F)F)n1. The van der Waals surface area contributed by atoms with Gasteiger partial charge in [-0.1, -0.05) is 0 Å². The molecule has 0 aliphatic carbocycles. The van der Waals surface area contributed by atoms with Crippen LogP contribution in [0, 0.1) is 0 Å². The zero-order valence-corrected chi connectivity index (χ0v) is 5.65. The minimum absolute atomic E-state index is 0.304. The Morgan fingerprint density at radius 2 is 2.00 bits per heavy atom. The minimum atomic E-state index is -4.62. The molecule has 0 spiro atoms. The van der Waals surface area contributed by atoms with E-state index in [1.165, 1.54) is 0 Å². The highest BCUT2D eigenvalue weighted by molar-refractivity contribution is 6.57. The maximum Gasteiger partial charge on any atom is 0.510 e. The predicted octanol–water partition coefficient (Wildman–Crippen LogP) is -0.961. The van der Waals surface area contributed by atoms with Crippen LogP contribution in [-0.4, -0.2) is 26.9 Å². The van der Waals surface area contributed by atoms with Gasteiger partial charge in [-0.2, -0.15) is 9.78 Å². The van der Waals surface area contributed by atoms with Gasteiger partial charge in [-0.05, 0) is 6.07 Å². The van der Waals surface area contributed by atoms with E-state index in [0.717, 1.165) is 6.07 Å². The van der Waals surface area contributed by atoms with E-state index < -0.39 is 19.0 Å². The minimum Gasteiger partial charge on any atom is -0.422 e. The first-order valence-electron chi connectivity index (χ1n) is 2.90. The molecule has 12 heavy (non-hydrogen) atoms. The van der Waals surface area contributed by atoms with Crippen molar-refractivity contribution in [3.63, 3.8) is 0 Å². The summed E-state index contributed by atoms with van der Waals surface area (Å²) in [6.45, 7) is 0. The monoisotopic (exact) mass is 180 g/mol. The van der Waals surface area contributed by atoms with Crippen molar-refractivity contribution in [3.8, 4) is 0 Å². The van der Waals surface area contributed by atoms with Crippen LogP contribution in [0.2, 0.25) is 0 Å². The second-order valence-corrected chi connectivity index (χ2v) is 2.03. The zero-order valence-electron chi connectivity index (χ0n) is 5.65. The van der Waals surface area contributed by atoms with E-state index in [2.05, 4.69) is 5.10 Å². The van der Waals surface area contributed by atoms with Crippen LogP contribution in [0.4, 0.5) is 13.2 Å². The molecule has 8 heteroatoms. The average molecular weight is 180 g/mol. The zero-order chi connectivity index (χ0) is 9.35. The third-order valence-electron chi connectivity index (χ3n) is 1.13. The molecule has 0 fully saturated rings. The first-order chi connectivity index (χ1) is 5.41. The van der Waals surface area contributed by atoms with E-state index in [4.69, 9.17) is 10.0 Å². The number of halogens is 3. The van der Waals surface area contributed by atoms with Crippen LogP contribution in [-0.2, 0) is 6.30 Å². The topological polar surface area (TPSA) is 58.3 Å². The molecule has 0 saturated carbocycles. The molecule has 0 aliphatic rings. The van der Waals surface area contributed by atoms with E-state index in [9.17, 15) is 13.2 Å². The van der Waals surface area contributed by atoms with E-state index in [-0.39, 0.29) is 4.68 Å². The molecule has 0 unspecified atom stereocenters. The van der Waals surface area contributed by atoms with Gasteiger partial charge in [0.1, 0.15) is 0 Å². The highest BCUT2D eigenvalue weighted by atomic mass is 19.4. The smallest absolute Gasteiger partial charge is 0.422 e. The summed E-state index contributed by atoms with van der Waals surface area (Å²) in [5, 5.41) is 19.7. The summed E-state index contributed by atoms with van der Waals surface area (Å²) in [6, 6.07) is 0.873. The van der Waals surface area contributed by atoms with Gasteiger partial charge in [-0.3, -0.25) is 0 Å². The molecular weight excluding hydrogens is 176 g/mol. The van der Waals surface area contributed by atoms with Crippen LogP contribution in [0.5, 0.6) is 0 Å². The molecule has 4 nitrogen and oxygen atoms in total. The van der Waals surface area contributed by atoms with Crippen molar-refractivity contribution < 1.29 is 23.2 Å². The number of aromatic nitrogens is 2. The number of hydrogen-bond donors (Lipinski definition) is 2. The van der Waals surface area contributed by atoms with Gasteiger partial charge in [0.05, 0.1) is 5.59 Å². The van der Waals surface area contributed by atoms with Gasteiger partial charge < -0.3 is 10.0 Å². The Morgan fingerprint density at radius 1 is 1.42 bits per heavy atom. The lowest BCUT2D eigenvalue weighted by Crippen LogP contribution is -2.33. The molecule has 0 atom stereocenters. The van der Waals surface area contributed by atoms with Crippen molar-refractivity contribution in [3.05, 3.63) is 12.3 Å². The normalized spacial score (nSPS) is 11.8. The number of rotatable bonds is 1. The first kappa shape index (κ1) is 9.08. The van der Waals surface area contributed by atoms with Gasteiger partial charge in [0.25, 0.3) is 0 Å². The van der Waals surface area contributed by atoms with E-state index in [1.54, 1.807) is 0 Å². The van der Waals surface area contributed by atoms with Crippen LogP contribution >= 0.6 is 0 Å². The van der Waals surface area contributed by atoms with Crippen LogP contribution in [0.15, 0.2) is 12.3 Å². The Balaban J connectivity index is 2.92. The second kappa shape index (κ2) is 2.79. The van der Waals surface area contributed by atoms with Crippen molar-refractivity contribution in [2.75, 3.05) is 0 Å². The molecule has 0 bridgehead atoms. The fourth-order valence-corrected chi connectivity index (χ4v) is 0.617. The Labute approximate surface area is 65.4 Å². The Morgan fingerprint density at radius 3 is 2.25 bits per heavy atom. The molecule has 0 aliphatic heterocycles. The molecule has 0 saturated heterocycles. The third-order valence-corrected chi connectivity index (χ3v) is 1.13. The molecule has 0 amide bonds. The van der Waals surface area contributed by atoms with E-state index in [0.29, 0.717) is 6.20 Å².